The van der Waals surface area contributed by atoms with Crippen LogP contribution in [0.4, 0.5) is 0 Å². The molecular formula is C14H10ClNO2. The van der Waals surface area contributed by atoms with Crippen LogP contribution in [0.15, 0.2) is 57.8 Å². The third-order valence-electron chi connectivity index (χ3n) is 2.82. The van der Waals surface area contributed by atoms with E-state index in [4.69, 9.17) is 16.1 Å². The van der Waals surface area contributed by atoms with E-state index < -0.39 is 0 Å². The molecule has 2 aromatic carbocycles. The number of aromatic nitrogens is 1. The van der Waals surface area contributed by atoms with Gasteiger partial charge < -0.3 is 4.52 Å². The van der Waals surface area contributed by atoms with Gasteiger partial charge in [-0.15, -0.1) is 0 Å². The first kappa shape index (κ1) is 11.1. The molecule has 0 saturated heterocycles. The van der Waals surface area contributed by atoms with Crippen molar-refractivity contribution in [3.05, 3.63) is 69.5 Å². The molecule has 3 rings (SSSR count). The van der Waals surface area contributed by atoms with Gasteiger partial charge in [-0.2, -0.15) is 4.74 Å². The van der Waals surface area contributed by atoms with E-state index in [-0.39, 0.29) is 5.56 Å². The zero-order valence-corrected chi connectivity index (χ0v) is 10.2. The normalized spacial score (nSPS) is 10.9. The number of hydrogen-bond acceptors (Lipinski definition) is 2. The Balaban J connectivity index is 2.09. The summed E-state index contributed by atoms with van der Waals surface area (Å²) in [4.78, 5) is 12.1. The van der Waals surface area contributed by atoms with Crippen molar-refractivity contribution in [2.45, 2.75) is 6.54 Å². The molecule has 0 amide bonds. The topological polar surface area (TPSA) is 35.1 Å². The molecule has 0 saturated carbocycles. The van der Waals surface area contributed by atoms with E-state index in [0.717, 1.165) is 5.56 Å². The van der Waals surface area contributed by atoms with E-state index in [9.17, 15) is 4.79 Å². The van der Waals surface area contributed by atoms with Crippen LogP contribution >= 0.6 is 11.6 Å². The zero-order valence-electron chi connectivity index (χ0n) is 9.47. The van der Waals surface area contributed by atoms with E-state index in [0.29, 0.717) is 22.5 Å². The number of hydrogen-bond donors (Lipinski definition) is 0. The van der Waals surface area contributed by atoms with Crippen molar-refractivity contribution in [2.75, 3.05) is 0 Å². The molecular weight excluding hydrogens is 250 g/mol. The average Bonchev–Trinajstić information content (AvgIpc) is 2.70. The third-order valence-corrected chi connectivity index (χ3v) is 3.19. The number of rotatable bonds is 2. The Hall–Kier alpha value is -2.00. The van der Waals surface area contributed by atoms with Gasteiger partial charge in [-0.05, 0) is 23.8 Å². The molecule has 0 aliphatic heterocycles. The summed E-state index contributed by atoms with van der Waals surface area (Å²) in [7, 11) is 0. The fourth-order valence-electron chi connectivity index (χ4n) is 1.90. The third kappa shape index (κ3) is 1.83. The smallest absolute Gasteiger partial charge is 0.290 e. The maximum Gasteiger partial charge on any atom is 0.290 e. The van der Waals surface area contributed by atoms with E-state index >= 15 is 0 Å². The molecule has 0 atom stereocenters. The lowest BCUT2D eigenvalue weighted by atomic mass is 10.2. The van der Waals surface area contributed by atoms with Gasteiger partial charge in [0.05, 0.1) is 11.9 Å². The lowest BCUT2D eigenvalue weighted by molar-refractivity contribution is 0.301. The first-order valence-corrected chi connectivity index (χ1v) is 5.96. The Labute approximate surface area is 108 Å². The van der Waals surface area contributed by atoms with Crippen LogP contribution in [0.25, 0.3) is 11.0 Å². The van der Waals surface area contributed by atoms with Crippen molar-refractivity contribution in [1.29, 1.82) is 0 Å². The second kappa shape index (κ2) is 4.35. The Bertz CT molecular complexity index is 758. The van der Waals surface area contributed by atoms with Crippen LogP contribution in [0.5, 0.6) is 0 Å². The zero-order chi connectivity index (χ0) is 12.5. The molecule has 0 aliphatic carbocycles. The summed E-state index contributed by atoms with van der Waals surface area (Å²) in [6.45, 7) is 0.340. The highest BCUT2D eigenvalue weighted by Crippen LogP contribution is 2.17. The molecule has 90 valence electrons. The van der Waals surface area contributed by atoms with Crippen LogP contribution in [0.2, 0.25) is 5.02 Å². The SMILES string of the molecule is O=c1c2ccccc2on1Cc1ccccc1Cl. The van der Waals surface area contributed by atoms with Gasteiger partial charge in [-0.3, -0.25) is 4.79 Å². The van der Waals surface area contributed by atoms with Gasteiger partial charge in [0.15, 0.2) is 5.58 Å². The van der Waals surface area contributed by atoms with Crippen LogP contribution in [-0.4, -0.2) is 4.74 Å². The van der Waals surface area contributed by atoms with Gasteiger partial charge in [-0.25, -0.2) is 0 Å². The Morgan fingerprint density at radius 1 is 1.06 bits per heavy atom. The summed E-state index contributed by atoms with van der Waals surface area (Å²) in [5.74, 6) is 0. The minimum Gasteiger partial charge on any atom is -0.375 e. The van der Waals surface area contributed by atoms with Gasteiger partial charge in [-0.1, -0.05) is 41.9 Å². The maximum absolute atomic E-state index is 12.1. The van der Waals surface area contributed by atoms with Crippen LogP contribution in [0.3, 0.4) is 0 Å². The molecule has 18 heavy (non-hydrogen) atoms. The first-order chi connectivity index (χ1) is 8.75. The van der Waals surface area contributed by atoms with Crippen molar-refractivity contribution < 1.29 is 4.52 Å². The summed E-state index contributed by atoms with van der Waals surface area (Å²) < 4.78 is 6.83. The summed E-state index contributed by atoms with van der Waals surface area (Å²) in [5.41, 5.74) is 1.32. The van der Waals surface area contributed by atoms with Crippen LogP contribution in [0.1, 0.15) is 5.56 Å². The second-order valence-electron chi connectivity index (χ2n) is 4.02. The molecule has 4 heteroatoms. The monoisotopic (exact) mass is 259 g/mol. The van der Waals surface area contributed by atoms with E-state index in [1.54, 1.807) is 18.2 Å². The fourth-order valence-corrected chi connectivity index (χ4v) is 2.10. The van der Waals surface area contributed by atoms with Crippen molar-refractivity contribution in [2.24, 2.45) is 0 Å². The van der Waals surface area contributed by atoms with E-state index in [2.05, 4.69) is 0 Å². The molecule has 0 N–H and O–H groups in total. The van der Waals surface area contributed by atoms with E-state index in [1.165, 1.54) is 4.74 Å². The number of halogens is 1. The molecule has 0 fully saturated rings. The van der Waals surface area contributed by atoms with Crippen molar-refractivity contribution in [3.63, 3.8) is 0 Å². The number of nitrogens with zero attached hydrogens (tertiary/aromatic N) is 1. The lowest BCUT2D eigenvalue weighted by Crippen LogP contribution is -2.15. The highest BCUT2D eigenvalue weighted by atomic mass is 35.5. The van der Waals surface area contributed by atoms with Crippen LogP contribution in [0, 0.1) is 0 Å². The predicted molar refractivity (Wildman–Crippen MR) is 71.0 cm³/mol. The quantitative estimate of drug-likeness (QED) is 0.708. The predicted octanol–water partition coefficient (Wildman–Crippen LogP) is 3.30. The summed E-state index contributed by atoms with van der Waals surface area (Å²) in [6.07, 6.45) is 0. The van der Waals surface area contributed by atoms with Gasteiger partial charge in [0.25, 0.3) is 5.56 Å². The molecule has 0 radical (unpaired) electrons. The number of para-hydroxylation sites is 1. The average molecular weight is 260 g/mol. The Morgan fingerprint density at radius 3 is 2.56 bits per heavy atom. The molecule has 0 spiro atoms. The molecule has 3 nitrogen and oxygen atoms in total. The molecule has 1 heterocycles. The van der Waals surface area contributed by atoms with Crippen LogP contribution < -0.4 is 5.56 Å². The minimum absolute atomic E-state index is 0.134. The standard InChI is InChI=1S/C14H10ClNO2/c15-12-7-3-1-5-10(12)9-16-14(17)11-6-2-4-8-13(11)18-16/h1-8H,9H2. The largest absolute Gasteiger partial charge is 0.375 e. The molecule has 0 bridgehead atoms. The number of fused-ring (bicyclic) bond motifs is 1. The van der Waals surface area contributed by atoms with Crippen molar-refractivity contribution in [3.8, 4) is 0 Å². The fraction of sp³-hybridized carbons (Fsp3) is 0.0714. The van der Waals surface area contributed by atoms with Gasteiger partial charge >= 0.3 is 0 Å². The minimum atomic E-state index is -0.134. The van der Waals surface area contributed by atoms with E-state index in [1.807, 2.05) is 30.3 Å². The Kier molecular flexibility index (Phi) is 2.68. The molecule has 0 aliphatic rings. The van der Waals surface area contributed by atoms with Crippen LogP contribution in [-0.2, 0) is 6.54 Å². The highest BCUT2D eigenvalue weighted by molar-refractivity contribution is 6.31. The summed E-state index contributed by atoms with van der Waals surface area (Å²) in [6, 6.07) is 14.6. The van der Waals surface area contributed by atoms with Gasteiger partial charge in [0.1, 0.15) is 0 Å². The Morgan fingerprint density at radius 2 is 1.78 bits per heavy atom. The van der Waals surface area contributed by atoms with Gasteiger partial charge in [0, 0.05) is 5.02 Å². The lowest BCUT2D eigenvalue weighted by Gasteiger charge is -2.02. The van der Waals surface area contributed by atoms with Gasteiger partial charge in [0.2, 0.25) is 0 Å². The highest BCUT2D eigenvalue weighted by Gasteiger charge is 2.09. The summed E-state index contributed by atoms with van der Waals surface area (Å²) >= 11 is 6.07. The molecule has 1 aromatic heterocycles. The summed E-state index contributed by atoms with van der Waals surface area (Å²) in [5, 5.41) is 1.22. The molecule has 3 aromatic rings. The maximum atomic E-state index is 12.1. The number of benzene rings is 2. The molecule has 0 unspecified atom stereocenters. The second-order valence-corrected chi connectivity index (χ2v) is 4.43. The van der Waals surface area contributed by atoms with Crippen molar-refractivity contribution in [1.82, 2.24) is 4.74 Å². The first-order valence-electron chi connectivity index (χ1n) is 5.58. The van der Waals surface area contributed by atoms with Crippen molar-refractivity contribution >= 4 is 22.6 Å².